The molecule has 1 amide bonds. The van der Waals surface area contributed by atoms with Crippen LogP contribution in [0.3, 0.4) is 0 Å². The molecule has 0 aromatic carbocycles. The van der Waals surface area contributed by atoms with Crippen molar-refractivity contribution < 1.29 is 24.5 Å². The van der Waals surface area contributed by atoms with Gasteiger partial charge in [0, 0.05) is 6.42 Å². The van der Waals surface area contributed by atoms with Crippen molar-refractivity contribution in [3.05, 3.63) is 85.1 Å². The van der Waals surface area contributed by atoms with Crippen molar-refractivity contribution in [2.24, 2.45) is 0 Å². The maximum absolute atomic E-state index is 13.3. The van der Waals surface area contributed by atoms with E-state index in [4.69, 9.17) is 4.74 Å². The van der Waals surface area contributed by atoms with E-state index in [9.17, 15) is 19.8 Å². The van der Waals surface area contributed by atoms with Gasteiger partial charge in [-0.2, -0.15) is 0 Å². The second kappa shape index (κ2) is 56.0. The Balaban J connectivity index is 4.67. The molecule has 0 aliphatic rings. The van der Waals surface area contributed by atoms with E-state index in [1.165, 1.54) is 141 Å². The van der Waals surface area contributed by atoms with Crippen LogP contribution in [-0.2, 0) is 14.3 Å². The number of nitrogens with one attached hydrogen (secondary N) is 1. The molecule has 3 N–H and O–H groups in total. The van der Waals surface area contributed by atoms with E-state index in [1.54, 1.807) is 0 Å². The Bertz CT molecular complexity index is 1310. The molecule has 0 spiro atoms. The Morgan fingerprint density at radius 3 is 1.19 bits per heavy atom. The van der Waals surface area contributed by atoms with Crippen LogP contribution >= 0.6 is 0 Å². The van der Waals surface area contributed by atoms with Gasteiger partial charge in [-0.3, -0.25) is 9.59 Å². The molecular weight excluding hydrogens is 851 g/mol. The third-order valence-electron chi connectivity index (χ3n) is 13.0. The zero-order valence-electron chi connectivity index (χ0n) is 45.4. The van der Waals surface area contributed by atoms with E-state index >= 15 is 0 Å². The number of amides is 1. The lowest BCUT2D eigenvalue weighted by molar-refractivity contribution is -0.150. The van der Waals surface area contributed by atoms with Crippen molar-refractivity contribution in [3.8, 4) is 0 Å². The molecule has 0 heterocycles. The van der Waals surface area contributed by atoms with E-state index in [0.29, 0.717) is 19.3 Å². The van der Waals surface area contributed by atoms with Crippen LogP contribution in [0.1, 0.15) is 278 Å². The monoisotopic (exact) mass is 962 g/mol. The number of allylic oxidation sites excluding steroid dienone is 14. The van der Waals surface area contributed by atoms with Gasteiger partial charge < -0.3 is 20.3 Å². The number of rotatable bonds is 52. The average molecular weight is 963 g/mol. The minimum atomic E-state index is -0.807. The topological polar surface area (TPSA) is 95.9 Å². The molecule has 0 saturated heterocycles. The number of carbonyl (C=O) groups is 2. The number of ether oxygens (including phenoxy) is 1. The molecule has 6 heteroatoms. The minimum absolute atomic E-state index is 0.0390. The van der Waals surface area contributed by atoms with Gasteiger partial charge in [0.05, 0.1) is 25.2 Å². The van der Waals surface area contributed by atoms with Gasteiger partial charge in [0.2, 0.25) is 5.91 Å². The van der Waals surface area contributed by atoms with Gasteiger partial charge in [0.25, 0.3) is 0 Å². The van der Waals surface area contributed by atoms with Crippen LogP contribution in [0.4, 0.5) is 0 Å². The van der Waals surface area contributed by atoms with Crippen LogP contribution in [0.5, 0.6) is 0 Å². The molecule has 0 fully saturated rings. The number of esters is 1. The molecule has 3 atom stereocenters. The summed E-state index contributed by atoms with van der Waals surface area (Å²) in [6.07, 6.45) is 73.7. The first-order valence-corrected chi connectivity index (χ1v) is 29.3. The molecule has 0 aliphatic heterocycles. The van der Waals surface area contributed by atoms with Gasteiger partial charge in [-0.15, -0.1) is 0 Å². The zero-order chi connectivity index (χ0) is 50.2. The first-order chi connectivity index (χ1) is 34.0. The number of hydrogen-bond donors (Lipinski definition) is 3. The van der Waals surface area contributed by atoms with Crippen molar-refractivity contribution in [1.82, 2.24) is 5.32 Å². The molecule has 0 bridgehead atoms. The second-order valence-electron chi connectivity index (χ2n) is 19.7. The highest BCUT2D eigenvalue weighted by Crippen LogP contribution is 2.18. The van der Waals surface area contributed by atoms with Crippen LogP contribution in [0.15, 0.2) is 85.1 Å². The molecule has 0 rings (SSSR count). The van der Waals surface area contributed by atoms with Gasteiger partial charge in [0.15, 0.2) is 0 Å². The number of unbranched alkanes of at least 4 members (excludes halogenated alkanes) is 26. The maximum Gasteiger partial charge on any atom is 0.306 e. The largest absolute Gasteiger partial charge is 0.462 e. The van der Waals surface area contributed by atoms with Crippen LogP contribution in [0, 0.1) is 0 Å². The van der Waals surface area contributed by atoms with Crippen LogP contribution < -0.4 is 5.32 Å². The Kier molecular flexibility index (Phi) is 53.6. The molecular formula is C63H111NO5. The van der Waals surface area contributed by atoms with Crippen molar-refractivity contribution in [1.29, 1.82) is 0 Å². The second-order valence-corrected chi connectivity index (χ2v) is 19.7. The van der Waals surface area contributed by atoms with Crippen LogP contribution in [-0.4, -0.2) is 46.9 Å². The van der Waals surface area contributed by atoms with Crippen molar-refractivity contribution in [2.75, 3.05) is 6.61 Å². The molecule has 0 radical (unpaired) electrons. The van der Waals surface area contributed by atoms with Crippen molar-refractivity contribution >= 4 is 11.9 Å². The SMILES string of the molecule is CC/C=C\C/C=C\C/C=C\C/C=C\C/C=C\C/C=C\CCC(=O)OC(CCCCCCC/C=C/CCCCCCCC)CC(=O)NC(CO)C(O)CCCCCCCCCCCCCCCCCC. The summed E-state index contributed by atoms with van der Waals surface area (Å²) in [5.41, 5.74) is 0. The van der Waals surface area contributed by atoms with Gasteiger partial charge in [-0.05, 0) is 89.9 Å². The van der Waals surface area contributed by atoms with E-state index in [0.717, 1.165) is 83.5 Å². The highest BCUT2D eigenvalue weighted by Gasteiger charge is 2.24. The summed E-state index contributed by atoms with van der Waals surface area (Å²) in [4.78, 5) is 26.3. The quantitative estimate of drug-likeness (QED) is 0.0321. The summed E-state index contributed by atoms with van der Waals surface area (Å²) < 4.78 is 5.92. The van der Waals surface area contributed by atoms with Crippen molar-refractivity contribution in [2.45, 2.75) is 296 Å². The van der Waals surface area contributed by atoms with E-state index in [-0.39, 0.29) is 31.3 Å². The lowest BCUT2D eigenvalue weighted by Crippen LogP contribution is -2.46. The smallest absolute Gasteiger partial charge is 0.306 e. The molecule has 3 unspecified atom stereocenters. The molecule has 0 aromatic rings. The summed E-state index contributed by atoms with van der Waals surface area (Å²) >= 11 is 0. The molecule has 0 saturated carbocycles. The molecule has 0 aromatic heterocycles. The highest BCUT2D eigenvalue weighted by atomic mass is 16.5. The van der Waals surface area contributed by atoms with Crippen LogP contribution in [0.25, 0.3) is 0 Å². The number of hydrogen-bond acceptors (Lipinski definition) is 5. The van der Waals surface area contributed by atoms with Crippen molar-refractivity contribution in [3.63, 3.8) is 0 Å². The standard InChI is InChI=1S/C63H111NO5/c1-4-7-10-13-16-19-22-25-28-30-31-32-35-38-41-44-47-50-53-56-63(68)69-59(54-51-48-45-42-39-36-33-27-24-21-18-15-12-9-6-3)57-62(67)64-60(58-65)61(66)55-52-49-46-43-40-37-34-29-26-23-20-17-14-11-8-5-2/h7,10,16,19,25,27-28,31-33,38,41,47,50,59-61,65-66H,4-6,8-9,11-15,17-18,20-24,26,29-30,34-37,39-40,42-46,48-49,51-58H2,1-3H3,(H,64,67)/b10-7-,19-16-,28-25-,32-31-,33-27+,41-38-,50-47-. The number of aliphatic hydroxyl groups excluding tert-OH is 2. The predicted octanol–water partition coefficient (Wildman–Crippen LogP) is 18.3. The predicted molar refractivity (Wildman–Crippen MR) is 301 cm³/mol. The summed E-state index contributed by atoms with van der Waals surface area (Å²) in [5, 5.41) is 23.9. The Morgan fingerprint density at radius 1 is 0.435 bits per heavy atom. The lowest BCUT2D eigenvalue weighted by Gasteiger charge is -2.24. The fraction of sp³-hybridized carbons (Fsp3) is 0.746. The fourth-order valence-electron chi connectivity index (χ4n) is 8.57. The van der Waals surface area contributed by atoms with E-state index < -0.39 is 18.2 Å². The summed E-state index contributed by atoms with van der Waals surface area (Å²) in [6, 6.07) is -0.724. The summed E-state index contributed by atoms with van der Waals surface area (Å²) in [5.74, 6) is -0.579. The first-order valence-electron chi connectivity index (χ1n) is 29.3. The Labute approximate surface area is 427 Å². The number of carbonyl (C=O) groups excluding carboxylic acids is 2. The minimum Gasteiger partial charge on any atom is -0.462 e. The molecule has 398 valence electrons. The van der Waals surface area contributed by atoms with Gasteiger partial charge >= 0.3 is 5.97 Å². The first kappa shape index (κ1) is 66.0. The van der Waals surface area contributed by atoms with Gasteiger partial charge in [-0.1, -0.05) is 260 Å². The Morgan fingerprint density at radius 2 is 0.783 bits per heavy atom. The highest BCUT2D eigenvalue weighted by molar-refractivity contribution is 5.77. The molecule has 69 heavy (non-hydrogen) atoms. The number of aliphatic hydroxyl groups is 2. The Hall–Kier alpha value is -2.96. The fourth-order valence-corrected chi connectivity index (χ4v) is 8.57. The average Bonchev–Trinajstić information content (AvgIpc) is 3.34. The third kappa shape index (κ3) is 51.2. The lowest BCUT2D eigenvalue weighted by atomic mass is 10.0. The van der Waals surface area contributed by atoms with E-state index in [2.05, 4.69) is 105 Å². The normalized spacial score (nSPS) is 13.8. The van der Waals surface area contributed by atoms with E-state index in [1.807, 2.05) is 6.08 Å². The zero-order valence-corrected chi connectivity index (χ0v) is 45.4. The molecule has 0 aliphatic carbocycles. The molecule has 6 nitrogen and oxygen atoms in total. The van der Waals surface area contributed by atoms with Gasteiger partial charge in [-0.25, -0.2) is 0 Å². The van der Waals surface area contributed by atoms with Gasteiger partial charge in [0.1, 0.15) is 6.10 Å². The van der Waals surface area contributed by atoms with Crippen LogP contribution in [0.2, 0.25) is 0 Å². The summed E-state index contributed by atoms with van der Waals surface area (Å²) in [7, 11) is 0. The third-order valence-corrected chi connectivity index (χ3v) is 13.0. The maximum atomic E-state index is 13.3. The summed E-state index contributed by atoms with van der Waals surface area (Å²) in [6.45, 7) is 6.37.